The Labute approximate surface area is 117 Å². The van der Waals surface area contributed by atoms with Crippen LogP contribution < -0.4 is 11.1 Å². The van der Waals surface area contributed by atoms with Crippen LogP contribution in [0.15, 0.2) is 16.7 Å². The lowest BCUT2D eigenvalue weighted by atomic mass is 9.87. The van der Waals surface area contributed by atoms with Gasteiger partial charge in [-0.1, -0.05) is 20.8 Å². The van der Waals surface area contributed by atoms with Crippen molar-refractivity contribution in [2.45, 2.75) is 40.3 Å². The number of aromatic nitrogens is 1. The molecule has 5 heteroatoms. The van der Waals surface area contributed by atoms with Gasteiger partial charge in [0.1, 0.15) is 5.69 Å². The first-order valence-electron chi connectivity index (χ1n) is 6.16. The van der Waals surface area contributed by atoms with Gasteiger partial charge >= 0.3 is 0 Å². The Morgan fingerprint density at radius 1 is 1.56 bits per heavy atom. The van der Waals surface area contributed by atoms with E-state index in [1.54, 1.807) is 0 Å². The van der Waals surface area contributed by atoms with E-state index in [9.17, 15) is 4.79 Å². The van der Waals surface area contributed by atoms with Gasteiger partial charge in [0.25, 0.3) is 5.91 Å². The Hall–Kier alpha value is -0.810. The highest BCUT2D eigenvalue weighted by Gasteiger charge is 2.26. The lowest BCUT2D eigenvalue weighted by Gasteiger charge is -2.30. The summed E-state index contributed by atoms with van der Waals surface area (Å²) in [4.78, 5) is 12.2. The molecule has 4 nitrogen and oxygen atoms in total. The Bertz CT molecular complexity index is 420. The van der Waals surface area contributed by atoms with Crippen LogP contribution in [0.2, 0.25) is 0 Å². The third kappa shape index (κ3) is 3.59. The summed E-state index contributed by atoms with van der Waals surface area (Å²) in [6.07, 6.45) is 1.91. The second-order valence-electron chi connectivity index (χ2n) is 5.46. The minimum atomic E-state index is -0.0760. The molecule has 0 bridgehead atoms. The molecular formula is C13H22BrN3O. The lowest BCUT2D eigenvalue weighted by molar-refractivity contribution is 0.0896. The van der Waals surface area contributed by atoms with E-state index in [-0.39, 0.29) is 17.4 Å². The van der Waals surface area contributed by atoms with Crippen LogP contribution in [0.4, 0.5) is 0 Å². The summed E-state index contributed by atoms with van der Waals surface area (Å²) in [6, 6.07) is 1.79. The van der Waals surface area contributed by atoms with E-state index in [0.717, 1.165) is 11.0 Å². The maximum absolute atomic E-state index is 12.2. The first-order valence-corrected chi connectivity index (χ1v) is 6.95. The van der Waals surface area contributed by atoms with Crippen molar-refractivity contribution in [2.75, 3.05) is 6.54 Å². The SMILES string of the molecule is CCn1cc(Br)cc1C(=O)NC(CN)C(C)(C)C. The van der Waals surface area contributed by atoms with Gasteiger partial charge < -0.3 is 15.6 Å². The van der Waals surface area contributed by atoms with Crippen molar-refractivity contribution in [3.05, 3.63) is 22.4 Å². The number of halogens is 1. The van der Waals surface area contributed by atoms with Crippen LogP contribution in [-0.2, 0) is 6.54 Å². The molecule has 0 aliphatic carbocycles. The van der Waals surface area contributed by atoms with Crippen LogP contribution >= 0.6 is 15.9 Å². The quantitative estimate of drug-likeness (QED) is 0.896. The number of carbonyl (C=O) groups is 1. The zero-order chi connectivity index (χ0) is 13.9. The summed E-state index contributed by atoms with van der Waals surface area (Å²) in [5, 5.41) is 3.01. The Morgan fingerprint density at radius 2 is 2.17 bits per heavy atom. The minimum Gasteiger partial charge on any atom is -0.346 e. The molecule has 18 heavy (non-hydrogen) atoms. The van der Waals surface area contributed by atoms with Gasteiger partial charge in [-0.15, -0.1) is 0 Å². The summed E-state index contributed by atoms with van der Waals surface area (Å²) < 4.78 is 2.82. The van der Waals surface area contributed by atoms with Crippen molar-refractivity contribution in [1.29, 1.82) is 0 Å². The minimum absolute atomic E-state index is 0.0380. The Balaban J connectivity index is 2.87. The average molecular weight is 316 g/mol. The zero-order valence-corrected chi connectivity index (χ0v) is 13.0. The number of amides is 1. The topological polar surface area (TPSA) is 60.0 Å². The van der Waals surface area contributed by atoms with Gasteiger partial charge in [0, 0.05) is 29.8 Å². The number of rotatable bonds is 4. The average Bonchev–Trinajstić information content (AvgIpc) is 2.65. The highest BCUT2D eigenvalue weighted by molar-refractivity contribution is 9.10. The van der Waals surface area contributed by atoms with Gasteiger partial charge in [0.15, 0.2) is 0 Å². The second kappa shape index (κ2) is 5.89. The monoisotopic (exact) mass is 315 g/mol. The van der Waals surface area contributed by atoms with Gasteiger partial charge in [-0.3, -0.25) is 4.79 Å². The van der Waals surface area contributed by atoms with Crippen molar-refractivity contribution in [3.8, 4) is 0 Å². The van der Waals surface area contributed by atoms with Gasteiger partial charge in [-0.25, -0.2) is 0 Å². The number of nitrogens with one attached hydrogen (secondary N) is 1. The Morgan fingerprint density at radius 3 is 2.61 bits per heavy atom. The maximum Gasteiger partial charge on any atom is 0.268 e. The first kappa shape index (κ1) is 15.2. The molecule has 0 fully saturated rings. The van der Waals surface area contributed by atoms with Gasteiger partial charge in [0.05, 0.1) is 0 Å². The smallest absolute Gasteiger partial charge is 0.268 e. The van der Waals surface area contributed by atoms with E-state index in [1.165, 1.54) is 0 Å². The molecule has 1 amide bonds. The highest BCUT2D eigenvalue weighted by Crippen LogP contribution is 2.20. The summed E-state index contributed by atoms with van der Waals surface area (Å²) in [5.74, 6) is -0.0760. The number of aryl methyl sites for hydroxylation is 1. The van der Waals surface area contributed by atoms with Crippen LogP contribution in [0.5, 0.6) is 0 Å². The molecule has 0 aliphatic heterocycles. The fraction of sp³-hybridized carbons (Fsp3) is 0.615. The van der Waals surface area contributed by atoms with Crippen molar-refractivity contribution in [2.24, 2.45) is 11.1 Å². The van der Waals surface area contributed by atoms with Crippen LogP contribution in [0.25, 0.3) is 0 Å². The van der Waals surface area contributed by atoms with Crippen molar-refractivity contribution >= 4 is 21.8 Å². The molecule has 1 aromatic heterocycles. The second-order valence-corrected chi connectivity index (χ2v) is 6.37. The molecule has 0 aromatic carbocycles. The molecule has 0 saturated carbocycles. The van der Waals surface area contributed by atoms with Crippen LogP contribution in [0.1, 0.15) is 38.2 Å². The van der Waals surface area contributed by atoms with E-state index in [2.05, 4.69) is 42.0 Å². The standard InChI is InChI=1S/C13H22BrN3O/c1-5-17-8-9(14)6-10(17)12(18)16-11(7-15)13(2,3)4/h6,8,11H,5,7,15H2,1-4H3,(H,16,18). The molecule has 1 rings (SSSR count). The summed E-state index contributed by atoms with van der Waals surface area (Å²) in [7, 11) is 0. The highest BCUT2D eigenvalue weighted by atomic mass is 79.9. The summed E-state index contributed by atoms with van der Waals surface area (Å²) in [5.41, 5.74) is 6.34. The van der Waals surface area contributed by atoms with Gasteiger partial charge in [-0.05, 0) is 34.3 Å². The van der Waals surface area contributed by atoms with Crippen LogP contribution in [0, 0.1) is 5.41 Å². The molecule has 1 atom stereocenters. The van der Waals surface area contributed by atoms with E-state index in [4.69, 9.17) is 5.73 Å². The van der Waals surface area contributed by atoms with E-state index in [1.807, 2.05) is 23.8 Å². The number of carbonyl (C=O) groups excluding carboxylic acids is 1. The van der Waals surface area contributed by atoms with Gasteiger partial charge in [-0.2, -0.15) is 0 Å². The number of nitrogens with zero attached hydrogens (tertiary/aromatic N) is 1. The Kier molecular flexibility index (Phi) is 4.99. The summed E-state index contributed by atoms with van der Waals surface area (Å²) in [6.45, 7) is 9.41. The fourth-order valence-corrected chi connectivity index (χ4v) is 2.25. The molecule has 0 aliphatic rings. The van der Waals surface area contributed by atoms with E-state index >= 15 is 0 Å². The number of nitrogens with two attached hydrogens (primary N) is 1. The molecule has 1 unspecified atom stereocenters. The van der Waals surface area contributed by atoms with E-state index in [0.29, 0.717) is 12.2 Å². The molecule has 1 heterocycles. The van der Waals surface area contributed by atoms with Crippen LogP contribution in [-0.4, -0.2) is 23.1 Å². The van der Waals surface area contributed by atoms with Crippen molar-refractivity contribution < 1.29 is 4.79 Å². The van der Waals surface area contributed by atoms with Crippen molar-refractivity contribution in [1.82, 2.24) is 9.88 Å². The number of hydrogen-bond donors (Lipinski definition) is 2. The fourth-order valence-electron chi connectivity index (χ4n) is 1.79. The predicted molar refractivity (Wildman–Crippen MR) is 77.6 cm³/mol. The lowest BCUT2D eigenvalue weighted by Crippen LogP contribution is -2.48. The number of hydrogen-bond acceptors (Lipinski definition) is 2. The molecule has 0 radical (unpaired) electrons. The zero-order valence-electron chi connectivity index (χ0n) is 11.5. The predicted octanol–water partition coefficient (Wildman–Crippen LogP) is 2.37. The molecular weight excluding hydrogens is 294 g/mol. The largest absolute Gasteiger partial charge is 0.346 e. The molecule has 3 N–H and O–H groups in total. The third-order valence-electron chi connectivity index (χ3n) is 3.02. The first-order chi connectivity index (χ1) is 8.29. The van der Waals surface area contributed by atoms with Crippen molar-refractivity contribution in [3.63, 3.8) is 0 Å². The third-order valence-corrected chi connectivity index (χ3v) is 3.46. The van der Waals surface area contributed by atoms with Gasteiger partial charge in [0.2, 0.25) is 0 Å². The van der Waals surface area contributed by atoms with Crippen LogP contribution in [0.3, 0.4) is 0 Å². The molecule has 0 saturated heterocycles. The normalized spacial score (nSPS) is 13.4. The molecule has 102 valence electrons. The molecule has 1 aromatic rings. The van der Waals surface area contributed by atoms with E-state index < -0.39 is 0 Å². The molecule has 0 spiro atoms. The maximum atomic E-state index is 12.2. The summed E-state index contributed by atoms with van der Waals surface area (Å²) >= 11 is 3.39.